The molecule has 116 valence electrons. The lowest BCUT2D eigenvalue weighted by Crippen LogP contribution is -2.39. The zero-order chi connectivity index (χ0) is 15.6. The maximum absolute atomic E-state index is 12.6. The summed E-state index contributed by atoms with van der Waals surface area (Å²) in [6, 6.07) is 8.47. The molecule has 0 saturated carbocycles. The largest absolute Gasteiger partial charge is 0.382 e. The van der Waals surface area contributed by atoms with E-state index in [0.29, 0.717) is 12.0 Å². The van der Waals surface area contributed by atoms with Gasteiger partial charge in [0.2, 0.25) is 5.91 Å². The summed E-state index contributed by atoms with van der Waals surface area (Å²) < 4.78 is 0. The highest BCUT2D eigenvalue weighted by atomic mass is 16.1. The van der Waals surface area contributed by atoms with E-state index < -0.39 is 0 Å². The number of nitrogens with one attached hydrogen (secondary N) is 2. The van der Waals surface area contributed by atoms with Gasteiger partial charge in [-0.15, -0.1) is 0 Å². The normalized spacial score (nSPS) is 22.9. The molecule has 0 bridgehead atoms. The first-order valence-corrected chi connectivity index (χ1v) is 7.92. The van der Waals surface area contributed by atoms with Crippen LogP contribution in [0.2, 0.25) is 0 Å². The maximum atomic E-state index is 12.6. The molecular formula is C18H28N2O. The number of hydrogen-bond donors (Lipinski definition) is 2. The van der Waals surface area contributed by atoms with Gasteiger partial charge in [-0.05, 0) is 36.3 Å². The van der Waals surface area contributed by atoms with E-state index in [1.165, 1.54) is 0 Å². The summed E-state index contributed by atoms with van der Waals surface area (Å²) in [7, 11) is 0. The Morgan fingerprint density at radius 2 is 2.05 bits per heavy atom. The fourth-order valence-electron chi connectivity index (χ4n) is 2.67. The van der Waals surface area contributed by atoms with Crippen molar-refractivity contribution in [1.82, 2.24) is 5.32 Å². The average Bonchev–Trinajstić information content (AvgIpc) is 2.42. The van der Waals surface area contributed by atoms with Gasteiger partial charge in [-0.2, -0.15) is 0 Å². The van der Waals surface area contributed by atoms with Crippen LogP contribution >= 0.6 is 0 Å². The summed E-state index contributed by atoms with van der Waals surface area (Å²) in [5, 5.41) is 6.61. The van der Waals surface area contributed by atoms with Crippen LogP contribution in [0, 0.1) is 11.3 Å². The summed E-state index contributed by atoms with van der Waals surface area (Å²) in [4.78, 5) is 12.6. The molecule has 0 aliphatic carbocycles. The minimum absolute atomic E-state index is 0.0374. The predicted molar refractivity (Wildman–Crippen MR) is 88.5 cm³/mol. The number of carbonyl (C=O) groups excluding carboxylic acids is 1. The number of para-hydroxylation sites is 1. The second kappa shape index (κ2) is 6.08. The SMILES string of the molecule is CC1CC(C(=O)NCC(C)C(C)(C)C)c2ccccc2N1. The highest BCUT2D eigenvalue weighted by molar-refractivity contribution is 5.86. The standard InChI is InChI=1S/C18H28N2O/c1-12(18(3,4)5)11-19-17(21)15-10-13(2)20-16-9-7-6-8-14(15)16/h6-9,12-13,15,20H,10-11H2,1-5H3,(H,19,21). The van der Waals surface area contributed by atoms with Crippen LogP contribution in [0.4, 0.5) is 5.69 Å². The first kappa shape index (κ1) is 15.9. The molecule has 3 nitrogen and oxygen atoms in total. The molecule has 1 aliphatic rings. The van der Waals surface area contributed by atoms with Gasteiger partial charge in [0, 0.05) is 18.3 Å². The van der Waals surface area contributed by atoms with Gasteiger partial charge in [0.1, 0.15) is 0 Å². The summed E-state index contributed by atoms with van der Waals surface area (Å²) in [6.07, 6.45) is 0.854. The molecule has 3 atom stereocenters. The minimum Gasteiger partial charge on any atom is -0.382 e. The van der Waals surface area contributed by atoms with E-state index in [1.807, 2.05) is 12.1 Å². The van der Waals surface area contributed by atoms with E-state index in [0.717, 1.165) is 24.2 Å². The van der Waals surface area contributed by atoms with Gasteiger partial charge in [-0.3, -0.25) is 4.79 Å². The van der Waals surface area contributed by atoms with Crippen molar-refractivity contribution in [2.75, 3.05) is 11.9 Å². The molecule has 1 aromatic carbocycles. The third-order valence-corrected chi connectivity index (χ3v) is 4.70. The molecule has 0 spiro atoms. The molecule has 1 amide bonds. The molecular weight excluding hydrogens is 260 g/mol. The predicted octanol–water partition coefficient (Wildman–Crippen LogP) is 3.77. The molecule has 1 aromatic rings. The molecule has 0 aromatic heterocycles. The third kappa shape index (κ3) is 3.78. The van der Waals surface area contributed by atoms with E-state index in [4.69, 9.17) is 0 Å². The van der Waals surface area contributed by atoms with Crippen LogP contribution in [0.15, 0.2) is 24.3 Å². The van der Waals surface area contributed by atoms with Crippen LogP contribution in [0.25, 0.3) is 0 Å². The van der Waals surface area contributed by atoms with Gasteiger partial charge in [-0.25, -0.2) is 0 Å². The highest BCUT2D eigenvalue weighted by Crippen LogP contribution is 2.34. The fourth-order valence-corrected chi connectivity index (χ4v) is 2.67. The number of fused-ring (bicyclic) bond motifs is 1. The van der Waals surface area contributed by atoms with Crippen molar-refractivity contribution in [1.29, 1.82) is 0 Å². The lowest BCUT2D eigenvalue weighted by atomic mass is 9.81. The Kier molecular flexibility index (Phi) is 4.60. The first-order chi connectivity index (χ1) is 9.79. The zero-order valence-corrected chi connectivity index (χ0v) is 13.9. The van der Waals surface area contributed by atoms with Gasteiger partial charge < -0.3 is 10.6 Å². The molecule has 3 unspecified atom stereocenters. The van der Waals surface area contributed by atoms with Crippen molar-refractivity contribution >= 4 is 11.6 Å². The third-order valence-electron chi connectivity index (χ3n) is 4.70. The van der Waals surface area contributed by atoms with Gasteiger partial charge in [0.25, 0.3) is 0 Å². The number of benzene rings is 1. The molecule has 0 radical (unpaired) electrons. The van der Waals surface area contributed by atoms with Crippen LogP contribution in [-0.2, 0) is 4.79 Å². The Labute approximate surface area is 128 Å². The maximum Gasteiger partial charge on any atom is 0.227 e. The number of anilines is 1. The van der Waals surface area contributed by atoms with Crippen molar-refractivity contribution in [2.45, 2.75) is 53.0 Å². The lowest BCUT2D eigenvalue weighted by Gasteiger charge is -2.32. The Hall–Kier alpha value is -1.51. The molecule has 1 heterocycles. The van der Waals surface area contributed by atoms with Gasteiger partial charge in [-0.1, -0.05) is 45.9 Å². The molecule has 0 saturated heterocycles. The van der Waals surface area contributed by atoms with Crippen LogP contribution in [0.5, 0.6) is 0 Å². The van der Waals surface area contributed by atoms with Gasteiger partial charge >= 0.3 is 0 Å². The number of carbonyl (C=O) groups is 1. The molecule has 2 rings (SSSR count). The fraction of sp³-hybridized carbons (Fsp3) is 0.611. The molecule has 21 heavy (non-hydrogen) atoms. The zero-order valence-electron chi connectivity index (χ0n) is 13.9. The van der Waals surface area contributed by atoms with Crippen LogP contribution in [0.1, 0.15) is 52.5 Å². The van der Waals surface area contributed by atoms with Crippen LogP contribution < -0.4 is 10.6 Å². The number of rotatable bonds is 3. The molecule has 1 aliphatic heterocycles. The minimum atomic E-state index is -0.0374. The summed E-state index contributed by atoms with van der Waals surface area (Å²) >= 11 is 0. The average molecular weight is 288 g/mol. The summed E-state index contributed by atoms with van der Waals surface area (Å²) in [6.45, 7) is 11.7. The Balaban J connectivity index is 2.06. The Bertz CT molecular complexity index is 504. The Morgan fingerprint density at radius 1 is 1.38 bits per heavy atom. The first-order valence-electron chi connectivity index (χ1n) is 7.92. The lowest BCUT2D eigenvalue weighted by molar-refractivity contribution is -0.123. The quantitative estimate of drug-likeness (QED) is 0.889. The number of amides is 1. The van der Waals surface area contributed by atoms with Crippen LogP contribution in [-0.4, -0.2) is 18.5 Å². The van der Waals surface area contributed by atoms with E-state index in [-0.39, 0.29) is 17.2 Å². The molecule has 2 N–H and O–H groups in total. The van der Waals surface area contributed by atoms with Crippen molar-refractivity contribution in [3.8, 4) is 0 Å². The van der Waals surface area contributed by atoms with Gasteiger partial charge in [0.05, 0.1) is 5.92 Å². The monoisotopic (exact) mass is 288 g/mol. The summed E-state index contributed by atoms with van der Waals surface area (Å²) in [5.41, 5.74) is 2.43. The van der Waals surface area contributed by atoms with E-state index in [9.17, 15) is 4.79 Å². The van der Waals surface area contributed by atoms with Crippen molar-refractivity contribution in [3.05, 3.63) is 29.8 Å². The van der Waals surface area contributed by atoms with Crippen molar-refractivity contribution in [3.63, 3.8) is 0 Å². The van der Waals surface area contributed by atoms with Crippen LogP contribution in [0.3, 0.4) is 0 Å². The van der Waals surface area contributed by atoms with E-state index >= 15 is 0 Å². The van der Waals surface area contributed by atoms with E-state index in [2.05, 4.69) is 57.4 Å². The van der Waals surface area contributed by atoms with Crippen molar-refractivity contribution < 1.29 is 4.79 Å². The second-order valence-electron chi connectivity index (χ2n) is 7.43. The number of hydrogen-bond acceptors (Lipinski definition) is 2. The van der Waals surface area contributed by atoms with E-state index in [1.54, 1.807) is 0 Å². The van der Waals surface area contributed by atoms with Gasteiger partial charge in [0.15, 0.2) is 0 Å². The highest BCUT2D eigenvalue weighted by Gasteiger charge is 2.30. The smallest absolute Gasteiger partial charge is 0.227 e. The second-order valence-corrected chi connectivity index (χ2v) is 7.43. The Morgan fingerprint density at radius 3 is 2.71 bits per heavy atom. The topological polar surface area (TPSA) is 41.1 Å². The molecule has 0 fully saturated rings. The molecule has 3 heteroatoms. The van der Waals surface area contributed by atoms with Crippen molar-refractivity contribution in [2.24, 2.45) is 11.3 Å². The summed E-state index contributed by atoms with van der Waals surface area (Å²) in [5.74, 6) is 0.576.